The number of rotatable bonds is 12. The van der Waals surface area contributed by atoms with Crippen molar-refractivity contribution in [2.45, 2.75) is 138 Å². The van der Waals surface area contributed by atoms with Crippen LogP contribution in [0.4, 0.5) is 0 Å². The van der Waals surface area contributed by atoms with E-state index in [0.717, 1.165) is 58.1 Å². The van der Waals surface area contributed by atoms with Gasteiger partial charge in [-0.25, -0.2) is 0 Å². The van der Waals surface area contributed by atoms with E-state index < -0.39 is 0 Å². The van der Waals surface area contributed by atoms with E-state index in [1.54, 1.807) is 0 Å². The Kier molecular flexibility index (Phi) is 22.1. The largest absolute Gasteiger partial charge is 0.0654 e. The average Bonchev–Trinajstić information content (AvgIpc) is 3.36. The average molecular weight is 855 g/mol. The maximum atomic E-state index is 3.30. The summed E-state index contributed by atoms with van der Waals surface area (Å²) in [5.41, 5.74) is 14.8. The van der Waals surface area contributed by atoms with E-state index >= 15 is 0 Å². The topological polar surface area (TPSA) is 0 Å². The van der Waals surface area contributed by atoms with E-state index in [0.29, 0.717) is 0 Å². The summed E-state index contributed by atoms with van der Waals surface area (Å²) in [5.74, 6) is 21.3. The highest BCUT2D eigenvalue weighted by molar-refractivity contribution is 5.46. The summed E-state index contributed by atoms with van der Waals surface area (Å²) in [5, 5.41) is 0. The minimum atomic E-state index is 0.886. The molecule has 0 aliphatic heterocycles. The molecule has 0 heterocycles. The summed E-state index contributed by atoms with van der Waals surface area (Å²) in [4.78, 5) is 0. The molecule has 0 amide bonds. The quantitative estimate of drug-likeness (QED) is 0.108. The second kappa shape index (κ2) is 28.7. The van der Waals surface area contributed by atoms with Crippen LogP contribution in [0.5, 0.6) is 0 Å². The van der Waals surface area contributed by atoms with Gasteiger partial charge in [0.2, 0.25) is 0 Å². The molecule has 0 unspecified atom stereocenters. The lowest BCUT2D eigenvalue weighted by Crippen LogP contribution is -2.16. The molecule has 0 bridgehead atoms. The zero-order chi connectivity index (χ0) is 45.9. The third-order valence-corrected chi connectivity index (χ3v) is 12.5. The molecule has 0 atom stereocenters. The van der Waals surface area contributed by atoms with Crippen LogP contribution < -0.4 is 0 Å². The van der Waals surface area contributed by atoms with Crippen molar-refractivity contribution in [1.29, 1.82) is 0 Å². The second-order valence-corrected chi connectivity index (χ2v) is 17.9. The van der Waals surface area contributed by atoms with E-state index in [-0.39, 0.29) is 0 Å². The molecule has 7 rings (SSSR count). The van der Waals surface area contributed by atoms with Crippen LogP contribution in [0.2, 0.25) is 0 Å². The van der Waals surface area contributed by atoms with Crippen molar-refractivity contribution >= 4 is 0 Å². The van der Waals surface area contributed by atoms with E-state index in [1.165, 1.54) is 117 Å². The van der Waals surface area contributed by atoms with Crippen LogP contribution in [-0.2, 0) is 32.1 Å². The first-order chi connectivity index (χ1) is 31.9. The third-order valence-electron chi connectivity index (χ3n) is 12.5. The Morgan fingerprint density at radius 2 is 0.631 bits per heavy atom. The minimum Gasteiger partial charge on any atom is -0.0654 e. The molecule has 6 aromatic carbocycles. The van der Waals surface area contributed by atoms with Crippen LogP contribution in [0.1, 0.15) is 166 Å². The second-order valence-electron chi connectivity index (χ2n) is 17.9. The molecular formula is C65H74. The molecule has 0 radical (unpaired) electrons. The van der Waals surface area contributed by atoms with Gasteiger partial charge in [-0.3, -0.25) is 0 Å². The Hall–Kier alpha value is -6.00. The number of hydrogen-bond donors (Lipinski definition) is 0. The smallest absolute Gasteiger partial charge is 0.0249 e. The first-order valence-electron chi connectivity index (χ1n) is 24.9. The van der Waals surface area contributed by atoms with Crippen molar-refractivity contribution in [3.8, 4) is 35.5 Å². The van der Waals surface area contributed by atoms with Gasteiger partial charge in [0.1, 0.15) is 0 Å². The molecular weight excluding hydrogens is 781 g/mol. The van der Waals surface area contributed by atoms with Crippen molar-refractivity contribution in [2.75, 3.05) is 0 Å². The van der Waals surface area contributed by atoms with E-state index in [1.807, 2.05) is 0 Å². The third kappa shape index (κ3) is 18.9. The zero-order valence-electron chi connectivity index (χ0n) is 40.6. The van der Waals surface area contributed by atoms with Crippen LogP contribution in [0.15, 0.2) is 146 Å². The number of hydrogen-bond acceptors (Lipinski definition) is 0. The van der Waals surface area contributed by atoms with Crippen LogP contribution >= 0.6 is 0 Å². The highest BCUT2D eigenvalue weighted by Gasteiger charge is 2.20. The van der Waals surface area contributed by atoms with Gasteiger partial charge in [-0.2, -0.15) is 0 Å². The van der Waals surface area contributed by atoms with Gasteiger partial charge in [0.25, 0.3) is 0 Å². The molecule has 0 saturated heterocycles. The molecule has 0 nitrogen and oxygen atoms in total. The number of benzene rings is 6. The molecule has 0 heteroatoms. The molecule has 65 heavy (non-hydrogen) atoms. The fourth-order valence-electron chi connectivity index (χ4n) is 8.18. The SMILES string of the molecule is CCCC1CCC(Cc2ccc(C#Cc3ccc(CC)cc3)cc2)CC1.CCCCc1ccc(C#Cc2ccc(CCCC)cc2)cc1.CCc1ccc(C#Cc2ccc(C)cc2)cc1. The van der Waals surface area contributed by atoms with Gasteiger partial charge in [0, 0.05) is 33.4 Å². The summed E-state index contributed by atoms with van der Waals surface area (Å²) in [6.45, 7) is 13.2. The van der Waals surface area contributed by atoms with E-state index in [9.17, 15) is 0 Å². The van der Waals surface area contributed by atoms with Gasteiger partial charge >= 0.3 is 0 Å². The molecule has 0 spiro atoms. The van der Waals surface area contributed by atoms with Gasteiger partial charge in [-0.15, -0.1) is 0 Å². The fourth-order valence-corrected chi connectivity index (χ4v) is 8.18. The monoisotopic (exact) mass is 855 g/mol. The van der Waals surface area contributed by atoms with Gasteiger partial charge in [0.05, 0.1) is 0 Å². The molecule has 1 saturated carbocycles. The van der Waals surface area contributed by atoms with E-state index in [4.69, 9.17) is 0 Å². The molecule has 1 aliphatic rings. The number of unbranched alkanes of at least 4 members (excludes halogenated alkanes) is 2. The Morgan fingerprint density at radius 1 is 0.338 bits per heavy atom. The van der Waals surface area contributed by atoms with Crippen molar-refractivity contribution in [3.05, 3.63) is 212 Å². The lowest BCUT2D eigenvalue weighted by Gasteiger charge is -2.28. The predicted molar refractivity (Wildman–Crippen MR) is 281 cm³/mol. The normalized spacial score (nSPS) is 13.8. The van der Waals surface area contributed by atoms with Gasteiger partial charge in [-0.05, 0) is 177 Å². The molecule has 6 aromatic rings. The lowest BCUT2D eigenvalue weighted by molar-refractivity contribution is 0.261. The van der Waals surface area contributed by atoms with Crippen LogP contribution in [0, 0.1) is 54.3 Å². The Morgan fingerprint density at radius 3 is 0.938 bits per heavy atom. The molecule has 1 fully saturated rings. The van der Waals surface area contributed by atoms with Crippen molar-refractivity contribution in [3.63, 3.8) is 0 Å². The van der Waals surface area contributed by atoms with Gasteiger partial charge in [-0.1, -0.05) is 187 Å². The molecule has 0 N–H and O–H groups in total. The maximum Gasteiger partial charge on any atom is 0.0249 e. The standard InChI is InChI=1S/C26H32.C22H26.C17H16/c1-3-5-22-12-16-25(17-13-22)20-26-18-14-24(15-19-26)11-10-23-8-6-21(4-2)7-9-23;1-3-5-7-19-9-13-21(14-10-19)17-18-22-15-11-20(12-16-22)8-6-4-2;1-3-15-8-10-17(11-9-15)13-12-16-6-4-14(2)5-7-16/h6-9,14-15,18-19,22,25H,3-5,12-13,16-17,20H2,1-2H3;9-16H,3-8H2,1-2H3;4-11H,3H2,1-2H3. The Labute approximate surface area is 395 Å². The Balaban J connectivity index is 0.000000187. The van der Waals surface area contributed by atoms with E-state index in [2.05, 4.69) is 223 Å². The summed E-state index contributed by atoms with van der Waals surface area (Å²) < 4.78 is 0. The molecule has 0 aromatic heterocycles. The molecule has 1 aliphatic carbocycles. The summed E-state index contributed by atoms with van der Waals surface area (Å²) >= 11 is 0. The lowest BCUT2D eigenvalue weighted by atomic mass is 9.78. The fraction of sp³-hybridized carbons (Fsp3) is 0.354. The molecule has 334 valence electrons. The Bertz CT molecular complexity index is 2360. The summed E-state index contributed by atoms with van der Waals surface area (Å²) in [7, 11) is 0. The minimum absolute atomic E-state index is 0.886. The van der Waals surface area contributed by atoms with Gasteiger partial charge < -0.3 is 0 Å². The first-order valence-corrected chi connectivity index (χ1v) is 24.9. The number of aryl methyl sites for hydroxylation is 5. The van der Waals surface area contributed by atoms with Crippen LogP contribution in [0.25, 0.3) is 0 Å². The van der Waals surface area contributed by atoms with Crippen LogP contribution in [0.3, 0.4) is 0 Å². The zero-order valence-corrected chi connectivity index (χ0v) is 40.6. The summed E-state index contributed by atoms with van der Waals surface area (Å²) in [6.07, 6.45) is 19.2. The van der Waals surface area contributed by atoms with Crippen molar-refractivity contribution in [2.24, 2.45) is 11.8 Å². The van der Waals surface area contributed by atoms with Crippen molar-refractivity contribution in [1.82, 2.24) is 0 Å². The predicted octanol–water partition coefficient (Wildman–Crippen LogP) is 16.5. The highest BCUT2D eigenvalue weighted by atomic mass is 14.3. The van der Waals surface area contributed by atoms with Gasteiger partial charge in [0.15, 0.2) is 0 Å². The maximum absolute atomic E-state index is 3.30. The first kappa shape index (κ1) is 50.0. The van der Waals surface area contributed by atoms with Crippen molar-refractivity contribution < 1.29 is 0 Å². The van der Waals surface area contributed by atoms with Crippen LogP contribution in [-0.4, -0.2) is 0 Å². The highest BCUT2D eigenvalue weighted by Crippen LogP contribution is 2.33. The summed E-state index contributed by atoms with van der Waals surface area (Å²) in [6, 6.07) is 51.6.